The minimum atomic E-state index is -0.742. The number of fused-ring (bicyclic) bond motifs is 1. The molecule has 2 aromatic rings. The SMILES string of the molecule is COc1cc(C)ccc1C(O)c1cccc2c1OCCC2. The first-order valence-corrected chi connectivity index (χ1v) is 7.28. The van der Waals surface area contributed by atoms with E-state index in [1.165, 1.54) is 5.56 Å². The molecule has 0 aromatic heterocycles. The monoisotopic (exact) mass is 284 g/mol. The molecule has 3 heteroatoms. The molecule has 1 N–H and O–H groups in total. The highest BCUT2D eigenvalue weighted by molar-refractivity contribution is 5.50. The summed E-state index contributed by atoms with van der Waals surface area (Å²) in [5.41, 5.74) is 3.86. The molecule has 0 aliphatic carbocycles. The lowest BCUT2D eigenvalue weighted by Crippen LogP contribution is -2.13. The summed E-state index contributed by atoms with van der Waals surface area (Å²) in [5, 5.41) is 10.8. The van der Waals surface area contributed by atoms with Crippen LogP contribution in [-0.4, -0.2) is 18.8 Å². The second-order valence-corrected chi connectivity index (χ2v) is 5.44. The second kappa shape index (κ2) is 5.78. The van der Waals surface area contributed by atoms with Gasteiger partial charge in [-0.25, -0.2) is 0 Å². The lowest BCUT2D eigenvalue weighted by atomic mass is 9.94. The zero-order chi connectivity index (χ0) is 14.8. The van der Waals surface area contributed by atoms with Crippen LogP contribution in [0.4, 0.5) is 0 Å². The molecule has 1 heterocycles. The van der Waals surface area contributed by atoms with Gasteiger partial charge in [-0.3, -0.25) is 0 Å². The third kappa shape index (κ3) is 2.61. The highest BCUT2D eigenvalue weighted by Crippen LogP contribution is 2.38. The van der Waals surface area contributed by atoms with Crippen LogP contribution in [0.2, 0.25) is 0 Å². The molecule has 2 aromatic carbocycles. The summed E-state index contributed by atoms with van der Waals surface area (Å²) < 4.78 is 11.2. The van der Waals surface area contributed by atoms with Gasteiger partial charge in [0.15, 0.2) is 0 Å². The normalized spacial score (nSPS) is 15.0. The molecule has 0 fully saturated rings. The van der Waals surface area contributed by atoms with Crippen LogP contribution >= 0.6 is 0 Å². The molecule has 0 spiro atoms. The van der Waals surface area contributed by atoms with Crippen molar-refractivity contribution in [3.63, 3.8) is 0 Å². The van der Waals surface area contributed by atoms with Crippen molar-refractivity contribution in [1.29, 1.82) is 0 Å². The number of aliphatic hydroxyl groups is 1. The molecule has 0 saturated carbocycles. The van der Waals surface area contributed by atoms with E-state index < -0.39 is 6.10 Å². The van der Waals surface area contributed by atoms with Gasteiger partial charge in [-0.05, 0) is 37.0 Å². The zero-order valence-electron chi connectivity index (χ0n) is 12.4. The van der Waals surface area contributed by atoms with E-state index in [0.29, 0.717) is 12.4 Å². The number of ether oxygens (including phenoxy) is 2. The molecule has 110 valence electrons. The van der Waals surface area contributed by atoms with Crippen molar-refractivity contribution in [2.45, 2.75) is 25.9 Å². The van der Waals surface area contributed by atoms with E-state index in [1.807, 2.05) is 37.3 Å². The van der Waals surface area contributed by atoms with Gasteiger partial charge in [0.1, 0.15) is 17.6 Å². The molecule has 1 unspecified atom stereocenters. The number of aryl methyl sites for hydroxylation is 2. The minimum Gasteiger partial charge on any atom is -0.496 e. The smallest absolute Gasteiger partial charge is 0.128 e. The van der Waals surface area contributed by atoms with Crippen molar-refractivity contribution in [1.82, 2.24) is 0 Å². The molecule has 3 rings (SSSR count). The standard InChI is InChI=1S/C18H20O3/c1-12-8-9-14(16(11-12)20-2)17(19)15-7-3-5-13-6-4-10-21-18(13)15/h3,5,7-9,11,17,19H,4,6,10H2,1-2H3. The Kier molecular flexibility index (Phi) is 3.84. The Morgan fingerprint density at radius 3 is 2.86 bits per heavy atom. The van der Waals surface area contributed by atoms with Gasteiger partial charge in [0, 0.05) is 11.1 Å². The molecule has 1 aliphatic rings. The molecule has 3 nitrogen and oxygen atoms in total. The summed E-state index contributed by atoms with van der Waals surface area (Å²) >= 11 is 0. The molecule has 1 aliphatic heterocycles. The Bertz CT molecular complexity index is 649. The number of benzene rings is 2. The number of para-hydroxylation sites is 1. The van der Waals surface area contributed by atoms with Gasteiger partial charge in [-0.1, -0.05) is 30.3 Å². The maximum atomic E-state index is 10.8. The van der Waals surface area contributed by atoms with Gasteiger partial charge in [0.05, 0.1) is 13.7 Å². The molecular weight excluding hydrogens is 264 g/mol. The van der Waals surface area contributed by atoms with Gasteiger partial charge in [-0.2, -0.15) is 0 Å². The first-order valence-electron chi connectivity index (χ1n) is 7.28. The Morgan fingerprint density at radius 2 is 2.05 bits per heavy atom. The van der Waals surface area contributed by atoms with Crippen molar-refractivity contribution in [2.75, 3.05) is 13.7 Å². The van der Waals surface area contributed by atoms with E-state index in [9.17, 15) is 5.11 Å². The van der Waals surface area contributed by atoms with E-state index in [4.69, 9.17) is 9.47 Å². The fourth-order valence-corrected chi connectivity index (χ4v) is 2.84. The van der Waals surface area contributed by atoms with E-state index in [-0.39, 0.29) is 0 Å². The Morgan fingerprint density at radius 1 is 1.19 bits per heavy atom. The molecular formula is C18H20O3. The van der Waals surface area contributed by atoms with Crippen molar-refractivity contribution in [3.05, 3.63) is 58.7 Å². The fourth-order valence-electron chi connectivity index (χ4n) is 2.84. The summed E-state index contributed by atoms with van der Waals surface area (Å²) in [6.45, 7) is 2.72. The summed E-state index contributed by atoms with van der Waals surface area (Å²) in [5.74, 6) is 1.54. The van der Waals surface area contributed by atoms with Gasteiger partial charge < -0.3 is 14.6 Å². The van der Waals surface area contributed by atoms with E-state index in [1.54, 1.807) is 7.11 Å². The van der Waals surface area contributed by atoms with Gasteiger partial charge in [-0.15, -0.1) is 0 Å². The average molecular weight is 284 g/mol. The van der Waals surface area contributed by atoms with Crippen LogP contribution in [0.1, 0.15) is 34.8 Å². The van der Waals surface area contributed by atoms with Crippen LogP contribution in [0, 0.1) is 6.92 Å². The van der Waals surface area contributed by atoms with Crippen LogP contribution in [0.15, 0.2) is 36.4 Å². The lowest BCUT2D eigenvalue weighted by molar-refractivity contribution is 0.202. The Balaban J connectivity index is 2.05. The topological polar surface area (TPSA) is 38.7 Å². The molecule has 0 radical (unpaired) electrons. The number of methoxy groups -OCH3 is 1. The summed E-state index contributed by atoms with van der Waals surface area (Å²) in [6, 6.07) is 11.8. The average Bonchev–Trinajstić information content (AvgIpc) is 2.53. The number of rotatable bonds is 3. The molecule has 1 atom stereocenters. The lowest BCUT2D eigenvalue weighted by Gasteiger charge is -2.23. The fraction of sp³-hybridized carbons (Fsp3) is 0.333. The van der Waals surface area contributed by atoms with E-state index >= 15 is 0 Å². The van der Waals surface area contributed by atoms with E-state index in [2.05, 4.69) is 6.07 Å². The zero-order valence-corrected chi connectivity index (χ0v) is 12.4. The summed E-state index contributed by atoms with van der Waals surface area (Å²) in [7, 11) is 1.63. The molecule has 0 saturated heterocycles. The minimum absolute atomic E-state index is 0.705. The van der Waals surface area contributed by atoms with Crippen LogP contribution in [0.25, 0.3) is 0 Å². The number of hydrogen-bond donors (Lipinski definition) is 1. The number of aliphatic hydroxyl groups excluding tert-OH is 1. The third-order valence-corrected chi connectivity index (χ3v) is 3.94. The van der Waals surface area contributed by atoms with Crippen molar-refractivity contribution in [3.8, 4) is 11.5 Å². The predicted octanol–water partition coefficient (Wildman–Crippen LogP) is 3.41. The summed E-state index contributed by atoms with van der Waals surface area (Å²) in [4.78, 5) is 0. The molecule has 0 bridgehead atoms. The Labute approximate surface area is 125 Å². The van der Waals surface area contributed by atoms with Crippen molar-refractivity contribution in [2.24, 2.45) is 0 Å². The molecule has 0 amide bonds. The van der Waals surface area contributed by atoms with Crippen LogP contribution in [0.3, 0.4) is 0 Å². The summed E-state index contributed by atoms with van der Waals surface area (Å²) in [6.07, 6.45) is 1.29. The highest BCUT2D eigenvalue weighted by atomic mass is 16.5. The first kappa shape index (κ1) is 14.0. The van der Waals surface area contributed by atoms with Crippen LogP contribution < -0.4 is 9.47 Å². The Hall–Kier alpha value is -2.00. The van der Waals surface area contributed by atoms with Crippen molar-refractivity contribution >= 4 is 0 Å². The highest BCUT2D eigenvalue weighted by Gasteiger charge is 2.22. The second-order valence-electron chi connectivity index (χ2n) is 5.44. The van der Waals surface area contributed by atoms with Gasteiger partial charge in [0.25, 0.3) is 0 Å². The first-order chi connectivity index (χ1) is 10.2. The van der Waals surface area contributed by atoms with Crippen LogP contribution in [-0.2, 0) is 6.42 Å². The third-order valence-electron chi connectivity index (χ3n) is 3.94. The van der Waals surface area contributed by atoms with Crippen LogP contribution in [0.5, 0.6) is 11.5 Å². The quantitative estimate of drug-likeness (QED) is 0.938. The molecule has 21 heavy (non-hydrogen) atoms. The largest absolute Gasteiger partial charge is 0.496 e. The van der Waals surface area contributed by atoms with E-state index in [0.717, 1.165) is 35.3 Å². The van der Waals surface area contributed by atoms with Gasteiger partial charge in [0.2, 0.25) is 0 Å². The van der Waals surface area contributed by atoms with Gasteiger partial charge >= 0.3 is 0 Å². The maximum absolute atomic E-state index is 10.8. The predicted molar refractivity (Wildman–Crippen MR) is 82.1 cm³/mol. The maximum Gasteiger partial charge on any atom is 0.128 e. The number of hydrogen-bond acceptors (Lipinski definition) is 3. The van der Waals surface area contributed by atoms with Crippen molar-refractivity contribution < 1.29 is 14.6 Å².